The number of benzene rings is 1. The van der Waals surface area contributed by atoms with Crippen LogP contribution in [0.25, 0.3) is 0 Å². The van der Waals surface area contributed by atoms with Crippen LogP contribution in [0.3, 0.4) is 0 Å². The van der Waals surface area contributed by atoms with Gasteiger partial charge in [-0.25, -0.2) is 0 Å². The zero-order valence-electron chi connectivity index (χ0n) is 11.3. The Morgan fingerprint density at radius 2 is 1.89 bits per heavy atom. The van der Waals surface area contributed by atoms with Crippen molar-refractivity contribution in [1.82, 2.24) is 5.32 Å². The Balaban J connectivity index is 2.17. The van der Waals surface area contributed by atoms with Crippen LogP contribution in [0.4, 0.5) is 0 Å². The predicted molar refractivity (Wildman–Crippen MR) is 81.8 cm³/mol. The Kier molecular flexibility index (Phi) is 4.56. The van der Waals surface area contributed by atoms with E-state index in [1.165, 1.54) is 0 Å². The summed E-state index contributed by atoms with van der Waals surface area (Å²) in [7, 11) is 1.99. The van der Waals surface area contributed by atoms with Crippen LogP contribution < -0.4 is 10.1 Å². The summed E-state index contributed by atoms with van der Waals surface area (Å²) in [6.45, 7) is 4.41. The standard InChI is InChI=1S/C14H18Cl3NO/c1-4-14(2)12(18-3)7-13(14)19-11-6-9(16)8(15)5-10(11)17/h5-6,12-13,18H,4,7H2,1-3H3. The van der Waals surface area contributed by atoms with Crippen molar-refractivity contribution in [3.63, 3.8) is 0 Å². The van der Waals surface area contributed by atoms with Gasteiger partial charge in [-0.3, -0.25) is 0 Å². The number of ether oxygens (including phenoxy) is 1. The van der Waals surface area contributed by atoms with Crippen molar-refractivity contribution in [3.05, 3.63) is 27.2 Å². The highest BCUT2D eigenvalue weighted by atomic mass is 35.5. The Morgan fingerprint density at radius 1 is 1.26 bits per heavy atom. The van der Waals surface area contributed by atoms with E-state index < -0.39 is 0 Å². The molecule has 0 saturated heterocycles. The molecule has 3 unspecified atom stereocenters. The van der Waals surface area contributed by atoms with Crippen LogP contribution in [-0.2, 0) is 0 Å². The summed E-state index contributed by atoms with van der Waals surface area (Å²) in [5, 5.41) is 4.74. The van der Waals surface area contributed by atoms with Crippen molar-refractivity contribution in [2.24, 2.45) is 5.41 Å². The average molecular weight is 323 g/mol. The normalized spacial score (nSPS) is 30.0. The maximum absolute atomic E-state index is 6.15. The summed E-state index contributed by atoms with van der Waals surface area (Å²) in [5.41, 5.74) is 0.115. The molecule has 0 bridgehead atoms. The van der Waals surface area contributed by atoms with Gasteiger partial charge in [0.15, 0.2) is 0 Å². The van der Waals surface area contributed by atoms with Crippen molar-refractivity contribution in [3.8, 4) is 5.75 Å². The largest absolute Gasteiger partial charge is 0.488 e. The topological polar surface area (TPSA) is 21.3 Å². The molecule has 0 aromatic heterocycles. The first kappa shape index (κ1) is 15.2. The van der Waals surface area contributed by atoms with E-state index in [0.717, 1.165) is 12.8 Å². The predicted octanol–water partition coefficient (Wildman–Crippen LogP) is 4.80. The molecular weight excluding hydrogens is 305 g/mol. The fourth-order valence-electron chi connectivity index (χ4n) is 2.67. The molecule has 1 aliphatic carbocycles. The van der Waals surface area contributed by atoms with Crippen LogP contribution in [0.15, 0.2) is 12.1 Å². The summed E-state index contributed by atoms with van der Waals surface area (Å²) in [5.74, 6) is 0.607. The summed E-state index contributed by atoms with van der Waals surface area (Å²) < 4.78 is 6.04. The SMILES string of the molecule is CCC1(C)C(NC)CC1Oc1cc(Cl)c(Cl)cc1Cl. The van der Waals surface area contributed by atoms with Gasteiger partial charge in [0.25, 0.3) is 0 Å². The molecule has 0 radical (unpaired) electrons. The first-order chi connectivity index (χ1) is 8.92. The third-order valence-corrected chi connectivity index (χ3v) is 5.35. The van der Waals surface area contributed by atoms with Crippen LogP contribution >= 0.6 is 34.8 Å². The van der Waals surface area contributed by atoms with Crippen molar-refractivity contribution < 1.29 is 4.74 Å². The second kappa shape index (κ2) is 5.69. The van der Waals surface area contributed by atoms with Crippen molar-refractivity contribution >= 4 is 34.8 Å². The maximum Gasteiger partial charge on any atom is 0.139 e. The number of rotatable bonds is 4. The maximum atomic E-state index is 6.15. The van der Waals surface area contributed by atoms with Crippen molar-refractivity contribution in [2.75, 3.05) is 7.05 Å². The van der Waals surface area contributed by atoms with Gasteiger partial charge in [0.1, 0.15) is 11.9 Å². The van der Waals surface area contributed by atoms with E-state index in [0.29, 0.717) is 26.9 Å². The van der Waals surface area contributed by atoms with Gasteiger partial charge in [0.05, 0.1) is 15.1 Å². The van der Waals surface area contributed by atoms with Gasteiger partial charge in [-0.05, 0) is 19.5 Å². The van der Waals surface area contributed by atoms with E-state index in [1.807, 2.05) is 7.05 Å². The minimum atomic E-state index is 0.115. The van der Waals surface area contributed by atoms with Crippen LogP contribution in [0, 0.1) is 5.41 Å². The Morgan fingerprint density at radius 3 is 2.47 bits per heavy atom. The first-order valence-electron chi connectivity index (χ1n) is 6.40. The van der Waals surface area contributed by atoms with Crippen LogP contribution in [-0.4, -0.2) is 19.2 Å². The molecule has 5 heteroatoms. The van der Waals surface area contributed by atoms with Crippen LogP contribution in [0.2, 0.25) is 15.1 Å². The minimum Gasteiger partial charge on any atom is -0.488 e. The summed E-state index contributed by atoms with van der Waals surface area (Å²) in [6, 6.07) is 3.79. The molecule has 1 saturated carbocycles. The molecule has 0 aliphatic heterocycles. The molecule has 0 heterocycles. The molecular formula is C14H18Cl3NO. The molecule has 0 spiro atoms. The molecule has 1 aliphatic rings. The van der Waals surface area contributed by atoms with Gasteiger partial charge in [-0.2, -0.15) is 0 Å². The molecule has 3 atom stereocenters. The molecule has 19 heavy (non-hydrogen) atoms. The molecule has 1 aromatic carbocycles. The quantitative estimate of drug-likeness (QED) is 0.804. The molecule has 2 rings (SSSR count). The number of halogens is 3. The molecule has 0 amide bonds. The highest BCUT2D eigenvalue weighted by molar-refractivity contribution is 6.43. The van der Waals surface area contributed by atoms with Crippen molar-refractivity contribution in [1.29, 1.82) is 0 Å². The van der Waals surface area contributed by atoms with E-state index >= 15 is 0 Å². The summed E-state index contributed by atoms with van der Waals surface area (Å²) in [4.78, 5) is 0. The van der Waals surface area contributed by atoms with Gasteiger partial charge in [-0.1, -0.05) is 48.7 Å². The molecule has 1 fully saturated rings. The Hall–Kier alpha value is -0.150. The van der Waals surface area contributed by atoms with Crippen LogP contribution in [0.5, 0.6) is 5.75 Å². The molecule has 2 nitrogen and oxygen atoms in total. The second-order valence-corrected chi connectivity index (χ2v) is 6.46. The van der Waals surface area contributed by atoms with Gasteiger partial charge < -0.3 is 10.1 Å². The fourth-order valence-corrected chi connectivity index (χ4v) is 3.25. The molecule has 106 valence electrons. The van der Waals surface area contributed by atoms with E-state index in [9.17, 15) is 0 Å². The highest BCUT2D eigenvalue weighted by Gasteiger charge is 2.51. The smallest absolute Gasteiger partial charge is 0.139 e. The molecule has 1 aromatic rings. The third-order valence-electron chi connectivity index (χ3n) is 4.34. The second-order valence-electron chi connectivity index (χ2n) is 5.24. The fraction of sp³-hybridized carbons (Fsp3) is 0.571. The third kappa shape index (κ3) is 2.69. The average Bonchev–Trinajstić information content (AvgIpc) is 2.38. The first-order valence-corrected chi connectivity index (χ1v) is 7.54. The summed E-state index contributed by atoms with van der Waals surface area (Å²) in [6.07, 6.45) is 2.16. The summed E-state index contributed by atoms with van der Waals surface area (Å²) >= 11 is 18.1. The zero-order chi connectivity index (χ0) is 14.2. The van der Waals surface area contributed by atoms with E-state index in [4.69, 9.17) is 39.5 Å². The monoisotopic (exact) mass is 321 g/mol. The minimum absolute atomic E-state index is 0.115. The van der Waals surface area contributed by atoms with Crippen molar-refractivity contribution in [2.45, 2.75) is 38.8 Å². The lowest BCUT2D eigenvalue weighted by molar-refractivity contribution is -0.0676. The number of nitrogens with one attached hydrogen (secondary N) is 1. The van der Waals surface area contributed by atoms with Gasteiger partial charge in [0.2, 0.25) is 0 Å². The number of hydrogen-bond acceptors (Lipinski definition) is 2. The highest BCUT2D eigenvalue weighted by Crippen LogP contribution is 2.47. The lowest BCUT2D eigenvalue weighted by Crippen LogP contribution is -2.62. The van der Waals surface area contributed by atoms with Gasteiger partial charge in [0, 0.05) is 23.9 Å². The van der Waals surface area contributed by atoms with Crippen LogP contribution in [0.1, 0.15) is 26.7 Å². The Labute approximate surface area is 129 Å². The zero-order valence-corrected chi connectivity index (χ0v) is 13.5. The van der Waals surface area contributed by atoms with E-state index in [-0.39, 0.29) is 11.5 Å². The number of hydrogen-bond donors (Lipinski definition) is 1. The van der Waals surface area contributed by atoms with E-state index in [1.54, 1.807) is 12.1 Å². The van der Waals surface area contributed by atoms with E-state index in [2.05, 4.69) is 19.2 Å². The lowest BCUT2D eigenvalue weighted by Gasteiger charge is -2.53. The van der Waals surface area contributed by atoms with Gasteiger partial charge >= 0.3 is 0 Å². The van der Waals surface area contributed by atoms with Gasteiger partial charge in [-0.15, -0.1) is 0 Å². The molecule has 1 N–H and O–H groups in total. The lowest BCUT2D eigenvalue weighted by atomic mass is 9.61. The Bertz CT molecular complexity index is 480.